The van der Waals surface area contributed by atoms with Crippen LogP contribution in [0.1, 0.15) is 33.6 Å². The lowest BCUT2D eigenvalue weighted by atomic mass is 10.1. The minimum Gasteiger partial charge on any atom is -0.469 e. The highest BCUT2D eigenvalue weighted by atomic mass is 32.2. The molecule has 16 heavy (non-hydrogen) atoms. The van der Waals surface area contributed by atoms with Crippen molar-refractivity contribution >= 4 is 17.7 Å². The number of thioether (sulfide) groups is 1. The van der Waals surface area contributed by atoms with E-state index in [9.17, 15) is 4.79 Å². The van der Waals surface area contributed by atoms with E-state index in [1.165, 1.54) is 13.5 Å². The molecule has 1 atom stereocenters. The second-order valence-electron chi connectivity index (χ2n) is 5.02. The molecule has 0 aromatic heterocycles. The van der Waals surface area contributed by atoms with Crippen LogP contribution >= 0.6 is 11.8 Å². The van der Waals surface area contributed by atoms with Crippen LogP contribution in [0.3, 0.4) is 0 Å². The Labute approximate surface area is 103 Å². The van der Waals surface area contributed by atoms with Crippen molar-refractivity contribution in [2.45, 2.75) is 44.4 Å². The van der Waals surface area contributed by atoms with Crippen LogP contribution in [-0.2, 0) is 9.53 Å². The van der Waals surface area contributed by atoms with Gasteiger partial charge in [-0.1, -0.05) is 13.8 Å². The SMILES string of the molecule is COC(=O)CC(C)N1CCSC(C)(C)CC1. The molecule has 0 aliphatic carbocycles. The Morgan fingerprint density at radius 3 is 2.81 bits per heavy atom. The average molecular weight is 245 g/mol. The van der Waals surface area contributed by atoms with E-state index in [2.05, 4.69) is 25.7 Å². The third-order valence-corrected chi connectivity index (χ3v) is 4.56. The van der Waals surface area contributed by atoms with Crippen LogP contribution in [0.15, 0.2) is 0 Å². The zero-order valence-electron chi connectivity index (χ0n) is 10.8. The Kier molecular flexibility index (Phi) is 5.12. The summed E-state index contributed by atoms with van der Waals surface area (Å²) in [6.07, 6.45) is 1.69. The number of nitrogens with zero attached hydrogens (tertiary/aromatic N) is 1. The number of methoxy groups -OCH3 is 1. The lowest BCUT2D eigenvalue weighted by molar-refractivity contribution is -0.141. The van der Waals surface area contributed by atoms with Crippen LogP contribution in [0.25, 0.3) is 0 Å². The largest absolute Gasteiger partial charge is 0.469 e. The van der Waals surface area contributed by atoms with Gasteiger partial charge in [-0.2, -0.15) is 11.8 Å². The van der Waals surface area contributed by atoms with Crippen molar-refractivity contribution in [3.05, 3.63) is 0 Å². The summed E-state index contributed by atoms with van der Waals surface area (Å²) in [4.78, 5) is 13.6. The molecule has 0 spiro atoms. The van der Waals surface area contributed by atoms with Crippen LogP contribution in [0, 0.1) is 0 Å². The maximum atomic E-state index is 11.2. The standard InChI is InChI=1S/C12H23NO2S/c1-10(9-11(14)15-4)13-6-5-12(2,3)16-8-7-13/h10H,5-9H2,1-4H3. The van der Waals surface area contributed by atoms with Gasteiger partial charge in [0.2, 0.25) is 0 Å². The highest BCUT2D eigenvalue weighted by molar-refractivity contribution is 8.00. The van der Waals surface area contributed by atoms with Gasteiger partial charge in [0.05, 0.1) is 13.5 Å². The van der Waals surface area contributed by atoms with Gasteiger partial charge in [0, 0.05) is 23.1 Å². The first kappa shape index (κ1) is 13.8. The fourth-order valence-corrected chi connectivity index (χ4v) is 3.04. The van der Waals surface area contributed by atoms with Gasteiger partial charge in [0.15, 0.2) is 0 Å². The number of hydrogen-bond donors (Lipinski definition) is 0. The summed E-state index contributed by atoms with van der Waals surface area (Å²) in [5.74, 6) is 1.04. The number of rotatable bonds is 3. The van der Waals surface area contributed by atoms with Crippen molar-refractivity contribution in [1.29, 1.82) is 0 Å². The van der Waals surface area contributed by atoms with E-state index in [-0.39, 0.29) is 5.97 Å². The predicted octanol–water partition coefficient (Wildman–Crippen LogP) is 2.16. The third-order valence-electron chi connectivity index (χ3n) is 3.19. The summed E-state index contributed by atoms with van der Waals surface area (Å²) in [5, 5.41) is 0. The molecule has 1 rings (SSSR count). The zero-order valence-corrected chi connectivity index (χ0v) is 11.6. The Morgan fingerprint density at radius 1 is 1.50 bits per heavy atom. The topological polar surface area (TPSA) is 29.5 Å². The first-order valence-corrected chi connectivity index (χ1v) is 6.88. The Morgan fingerprint density at radius 2 is 2.19 bits per heavy atom. The average Bonchev–Trinajstić information content (AvgIpc) is 2.39. The fourth-order valence-electron chi connectivity index (χ4n) is 1.93. The smallest absolute Gasteiger partial charge is 0.307 e. The molecule has 0 bridgehead atoms. The van der Waals surface area contributed by atoms with Crippen molar-refractivity contribution < 1.29 is 9.53 Å². The predicted molar refractivity (Wildman–Crippen MR) is 68.8 cm³/mol. The highest BCUT2D eigenvalue weighted by Gasteiger charge is 2.26. The minimum atomic E-state index is -0.108. The molecule has 0 amide bonds. The molecule has 1 unspecified atom stereocenters. The molecule has 94 valence electrons. The molecule has 1 saturated heterocycles. The van der Waals surface area contributed by atoms with Crippen LogP contribution < -0.4 is 0 Å². The molecule has 1 fully saturated rings. The first-order chi connectivity index (χ1) is 7.44. The maximum absolute atomic E-state index is 11.2. The van der Waals surface area contributed by atoms with Gasteiger partial charge in [0.25, 0.3) is 0 Å². The van der Waals surface area contributed by atoms with E-state index in [0.717, 1.165) is 18.8 Å². The fraction of sp³-hybridized carbons (Fsp3) is 0.917. The Hall–Kier alpha value is -0.220. The zero-order chi connectivity index (χ0) is 12.2. The number of esters is 1. The number of carbonyl (C=O) groups is 1. The van der Waals surface area contributed by atoms with Crippen molar-refractivity contribution in [2.75, 3.05) is 26.0 Å². The summed E-state index contributed by atoms with van der Waals surface area (Å²) in [6.45, 7) is 8.86. The van der Waals surface area contributed by atoms with Gasteiger partial charge >= 0.3 is 5.97 Å². The second-order valence-corrected chi connectivity index (χ2v) is 6.83. The first-order valence-electron chi connectivity index (χ1n) is 5.89. The van der Waals surface area contributed by atoms with Crippen LogP contribution in [-0.4, -0.2) is 47.6 Å². The minimum absolute atomic E-state index is 0.108. The lowest BCUT2D eigenvalue weighted by Gasteiger charge is -2.27. The number of carbonyl (C=O) groups excluding carboxylic acids is 1. The van der Waals surface area contributed by atoms with Gasteiger partial charge in [-0.25, -0.2) is 0 Å². The molecule has 0 N–H and O–H groups in total. The molecule has 4 heteroatoms. The van der Waals surface area contributed by atoms with Crippen LogP contribution in [0.2, 0.25) is 0 Å². The van der Waals surface area contributed by atoms with Gasteiger partial charge in [-0.05, 0) is 19.9 Å². The Bertz CT molecular complexity index is 243. The molecule has 3 nitrogen and oxygen atoms in total. The summed E-state index contributed by atoms with van der Waals surface area (Å²) in [7, 11) is 1.45. The third kappa shape index (κ3) is 4.34. The monoisotopic (exact) mass is 245 g/mol. The molecule has 0 aromatic carbocycles. The van der Waals surface area contributed by atoms with Crippen molar-refractivity contribution in [2.24, 2.45) is 0 Å². The normalized spacial score (nSPS) is 23.5. The van der Waals surface area contributed by atoms with E-state index in [0.29, 0.717) is 17.2 Å². The van der Waals surface area contributed by atoms with Crippen LogP contribution in [0.5, 0.6) is 0 Å². The van der Waals surface area contributed by atoms with E-state index < -0.39 is 0 Å². The van der Waals surface area contributed by atoms with E-state index >= 15 is 0 Å². The molecule has 0 aromatic rings. The lowest BCUT2D eigenvalue weighted by Crippen LogP contribution is -2.37. The molecule has 1 aliphatic heterocycles. The quantitative estimate of drug-likeness (QED) is 0.713. The summed E-state index contributed by atoms with van der Waals surface area (Å²) >= 11 is 2.03. The number of hydrogen-bond acceptors (Lipinski definition) is 4. The summed E-state index contributed by atoms with van der Waals surface area (Å²) < 4.78 is 5.09. The highest BCUT2D eigenvalue weighted by Crippen LogP contribution is 2.31. The second kappa shape index (κ2) is 5.92. The molecular formula is C12H23NO2S. The van der Waals surface area contributed by atoms with E-state index in [1.807, 2.05) is 11.8 Å². The van der Waals surface area contributed by atoms with Crippen molar-refractivity contribution in [1.82, 2.24) is 4.90 Å². The molecule has 1 aliphatic rings. The van der Waals surface area contributed by atoms with E-state index in [1.54, 1.807) is 0 Å². The van der Waals surface area contributed by atoms with Gasteiger partial charge < -0.3 is 4.74 Å². The van der Waals surface area contributed by atoms with Gasteiger partial charge in [-0.3, -0.25) is 9.69 Å². The molecule has 1 heterocycles. The summed E-state index contributed by atoms with van der Waals surface area (Å²) in [5.41, 5.74) is 0. The molecule has 0 saturated carbocycles. The molecule has 0 radical (unpaired) electrons. The van der Waals surface area contributed by atoms with Crippen LogP contribution in [0.4, 0.5) is 0 Å². The van der Waals surface area contributed by atoms with Gasteiger partial charge in [-0.15, -0.1) is 0 Å². The molecular weight excluding hydrogens is 222 g/mol. The van der Waals surface area contributed by atoms with Crippen molar-refractivity contribution in [3.8, 4) is 0 Å². The maximum Gasteiger partial charge on any atom is 0.307 e. The van der Waals surface area contributed by atoms with E-state index in [4.69, 9.17) is 4.74 Å². The summed E-state index contributed by atoms with van der Waals surface area (Å²) in [6, 6.07) is 0.293. The Balaban J connectivity index is 2.45. The van der Waals surface area contributed by atoms with Gasteiger partial charge in [0.1, 0.15) is 0 Å². The van der Waals surface area contributed by atoms with Crippen molar-refractivity contribution in [3.63, 3.8) is 0 Å². The number of ether oxygens (including phenoxy) is 1.